The van der Waals surface area contributed by atoms with Gasteiger partial charge in [0.25, 0.3) is 5.91 Å². The number of piperidine rings is 1. The average molecular weight is 486 g/mol. The molecule has 3 aromatic rings. The van der Waals surface area contributed by atoms with E-state index < -0.39 is 11.9 Å². The van der Waals surface area contributed by atoms with Crippen LogP contribution in [0.15, 0.2) is 42.6 Å². The third-order valence-electron chi connectivity index (χ3n) is 7.54. The number of hydrogen-bond acceptors (Lipinski definition) is 5. The third-order valence-corrected chi connectivity index (χ3v) is 7.54. The van der Waals surface area contributed by atoms with Crippen LogP contribution in [0.5, 0.6) is 0 Å². The molecule has 2 fully saturated rings. The van der Waals surface area contributed by atoms with Crippen molar-refractivity contribution >= 4 is 35.1 Å². The van der Waals surface area contributed by atoms with E-state index >= 15 is 0 Å². The minimum absolute atomic E-state index is 0.000541. The van der Waals surface area contributed by atoms with Gasteiger partial charge in [0.05, 0.1) is 0 Å². The zero-order chi connectivity index (χ0) is 24.8. The van der Waals surface area contributed by atoms with Gasteiger partial charge in [-0.2, -0.15) is 0 Å². The van der Waals surface area contributed by atoms with Crippen LogP contribution in [0, 0.1) is 5.92 Å². The number of benzene rings is 1. The number of carbonyl (C=O) groups is 4. The fourth-order valence-electron chi connectivity index (χ4n) is 5.62. The molecule has 1 unspecified atom stereocenters. The van der Waals surface area contributed by atoms with Crippen LogP contribution in [0.4, 0.5) is 5.82 Å². The predicted molar refractivity (Wildman–Crippen MR) is 132 cm³/mol. The van der Waals surface area contributed by atoms with Crippen molar-refractivity contribution in [2.24, 2.45) is 5.92 Å². The van der Waals surface area contributed by atoms with Crippen molar-refractivity contribution in [2.75, 3.05) is 5.32 Å². The fourth-order valence-corrected chi connectivity index (χ4v) is 5.62. The van der Waals surface area contributed by atoms with Crippen LogP contribution in [0.3, 0.4) is 0 Å². The smallest absolute Gasteiger partial charge is 0.255 e. The minimum Gasteiger partial charge on any atom is -0.322 e. The molecule has 4 amide bonds. The second kappa shape index (κ2) is 8.89. The normalized spacial score (nSPS) is 20.5. The molecular weight excluding hydrogens is 458 g/mol. The molecule has 2 aromatic heterocycles. The molecule has 9 heteroatoms. The van der Waals surface area contributed by atoms with Gasteiger partial charge in [-0.15, -0.1) is 0 Å². The van der Waals surface area contributed by atoms with Gasteiger partial charge in [-0.05, 0) is 49.1 Å². The van der Waals surface area contributed by atoms with Crippen LogP contribution in [0.25, 0.3) is 16.9 Å². The maximum atomic E-state index is 13.1. The summed E-state index contributed by atoms with van der Waals surface area (Å²) in [5.41, 5.74) is 3.48. The molecule has 0 bridgehead atoms. The van der Waals surface area contributed by atoms with Gasteiger partial charge in [-0.3, -0.25) is 28.9 Å². The number of aromatic nitrogens is 2. The summed E-state index contributed by atoms with van der Waals surface area (Å²) >= 11 is 0. The number of amides is 4. The van der Waals surface area contributed by atoms with Crippen molar-refractivity contribution in [3.8, 4) is 11.3 Å². The highest BCUT2D eigenvalue weighted by atomic mass is 16.2. The zero-order valence-electron chi connectivity index (χ0n) is 19.8. The number of pyridine rings is 1. The number of nitrogens with zero attached hydrogens (tertiary/aromatic N) is 3. The van der Waals surface area contributed by atoms with Crippen LogP contribution >= 0.6 is 0 Å². The largest absolute Gasteiger partial charge is 0.322 e. The van der Waals surface area contributed by atoms with E-state index in [-0.39, 0.29) is 36.6 Å². The van der Waals surface area contributed by atoms with Crippen molar-refractivity contribution in [3.05, 3.63) is 53.7 Å². The van der Waals surface area contributed by atoms with E-state index in [9.17, 15) is 19.2 Å². The fraction of sp³-hybridized carbons (Fsp3) is 0.370. The molecule has 0 spiro atoms. The zero-order valence-corrected chi connectivity index (χ0v) is 19.8. The summed E-state index contributed by atoms with van der Waals surface area (Å²) < 4.78 is 1.88. The van der Waals surface area contributed by atoms with Crippen LogP contribution in [-0.2, 0) is 20.9 Å². The molecule has 1 saturated heterocycles. The number of carbonyl (C=O) groups excluding carboxylic acids is 4. The Balaban J connectivity index is 1.33. The summed E-state index contributed by atoms with van der Waals surface area (Å²) in [4.78, 5) is 56.5. The van der Waals surface area contributed by atoms with Crippen LogP contribution in [0.2, 0.25) is 0 Å². The lowest BCUT2D eigenvalue weighted by molar-refractivity contribution is -0.137. The molecule has 2 N–H and O–H groups in total. The molecule has 6 rings (SSSR count). The number of imide groups is 1. The van der Waals surface area contributed by atoms with Gasteiger partial charge in [0, 0.05) is 36.2 Å². The number of imidazole rings is 1. The van der Waals surface area contributed by atoms with Crippen molar-refractivity contribution in [1.82, 2.24) is 19.6 Å². The second-order valence-electron chi connectivity index (χ2n) is 9.83. The molecule has 1 aliphatic carbocycles. The first-order chi connectivity index (χ1) is 17.5. The molecule has 2 aliphatic heterocycles. The molecule has 3 aliphatic rings. The van der Waals surface area contributed by atoms with Gasteiger partial charge in [-0.25, -0.2) is 4.98 Å². The maximum Gasteiger partial charge on any atom is 0.255 e. The Bertz CT molecular complexity index is 1400. The van der Waals surface area contributed by atoms with Crippen LogP contribution in [-0.4, -0.2) is 44.0 Å². The molecule has 4 heterocycles. The lowest BCUT2D eigenvalue weighted by Gasteiger charge is -2.29. The predicted octanol–water partition coefficient (Wildman–Crippen LogP) is 3.28. The monoisotopic (exact) mass is 485 g/mol. The summed E-state index contributed by atoms with van der Waals surface area (Å²) in [5.74, 6) is -0.319. The van der Waals surface area contributed by atoms with E-state index in [1.165, 1.54) is 11.3 Å². The van der Waals surface area contributed by atoms with Gasteiger partial charge in [0.1, 0.15) is 23.2 Å². The molecule has 36 heavy (non-hydrogen) atoms. The number of hydrogen-bond donors (Lipinski definition) is 2. The van der Waals surface area contributed by atoms with Gasteiger partial charge in [-0.1, -0.05) is 31.4 Å². The van der Waals surface area contributed by atoms with E-state index in [2.05, 4.69) is 10.6 Å². The summed E-state index contributed by atoms with van der Waals surface area (Å²) in [7, 11) is 0. The first-order valence-electron chi connectivity index (χ1n) is 12.6. The molecular formula is C27H27N5O4. The number of rotatable bonds is 4. The molecule has 1 aromatic carbocycles. The van der Waals surface area contributed by atoms with Gasteiger partial charge < -0.3 is 10.2 Å². The highest BCUT2D eigenvalue weighted by Gasteiger charge is 2.39. The number of anilines is 1. The van der Waals surface area contributed by atoms with Crippen LogP contribution in [0.1, 0.15) is 60.9 Å². The molecule has 9 nitrogen and oxygen atoms in total. The van der Waals surface area contributed by atoms with E-state index in [0.29, 0.717) is 29.1 Å². The van der Waals surface area contributed by atoms with Crippen LogP contribution < -0.4 is 10.6 Å². The van der Waals surface area contributed by atoms with Crippen molar-refractivity contribution in [2.45, 2.75) is 57.5 Å². The van der Waals surface area contributed by atoms with Gasteiger partial charge in [0.15, 0.2) is 0 Å². The van der Waals surface area contributed by atoms with Gasteiger partial charge >= 0.3 is 0 Å². The summed E-state index contributed by atoms with van der Waals surface area (Å²) in [6.07, 6.45) is 7.53. The Labute approximate surface area is 207 Å². The molecule has 184 valence electrons. The second-order valence-corrected chi connectivity index (χ2v) is 9.83. The SMILES string of the molecule is O=C1CCC(N2Cc3cc(-c4nc5ccccn5c4NC(=O)C4CCCCC4)ccc3C2=O)C(=O)N1. The summed E-state index contributed by atoms with van der Waals surface area (Å²) in [6, 6.07) is 10.5. The standard InChI is InChI=1S/C27H27N5O4/c33-22-12-11-20(26(35)29-22)32-15-18-14-17(9-10-19(18)27(32)36)23-24(31-13-5-4-8-21(31)28-23)30-25(34)16-6-2-1-3-7-16/h4-5,8-10,13-14,16,20H,1-3,6-7,11-12,15H2,(H,30,34)(H,29,33,35). The minimum atomic E-state index is -0.661. The van der Waals surface area contributed by atoms with Crippen molar-refractivity contribution < 1.29 is 19.2 Å². The lowest BCUT2D eigenvalue weighted by Crippen LogP contribution is -2.52. The highest BCUT2D eigenvalue weighted by Crippen LogP contribution is 2.35. The summed E-state index contributed by atoms with van der Waals surface area (Å²) in [6.45, 7) is 0.283. The Kier molecular flexibility index (Phi) is 5.55. The van der Waals surface area contributed by atoms with E-state index in [1.807, 2.05) is 40.9 Å². The molecule has 0 radical (unpaired) electrons. The highest BCUT2D eigenvalue weighted by molar-refractivity contribution is 6.05. The Hall–Kier alpha value is -4.01. The topological polar surface area (TPSA) is 113 Å². The first kappa shape index (κ1) is 22.5. The Morgan fingerprint density at radius 3 is 2.67 bits per heavy atom. The first-order valence-corrected chi connectivity index (χ1v) is 12.6. The molecule has 1 saturated carbocycles. The third kappa shape index (κ3) is 3.84. The Morgan fingerprint density at radius 2 is 1.86 bits per heavy atom. The average Bonchev–Trinajstić information content (AvgIpc) is 3.42. The Morgan fingerprint density at radius 1 is 1.03 bits per heavy atom. The van der Waals surface area contributed by atoms with E-state index in [4.69, 9.17) is 4.98 Å². The van der Waals surface area contributed by atoms with E-state index in [0.717, 1.165) is 36.8 Å². The summed E-state index contributed by atoms with van der Waals surface area (Å²) in [5, 5.41) is 5.48. The van der Waals surface area contributed by atoms with Crippen molar-refractivity contribution in [1.29, 1.82) is 0 Å². The quantitative estimate of drug-likeness (QED) is 0.551. The maximum absolute atomic E-state index is 13.1. The number of fused-ring (bicyclic) bond motifs is 2. The molecule has 1 atom stereocenters. The van der Waals surface area contributed by atoms with Crippen molar-refractivity contribution in [3.63, 3.8) is 0 Å². The number of nitrogens with one attached hydrogen (secondary N) is 2. The van der Waals surface area contributed by atoms with E-state index in [1.54, 1.807) is 6.07 Å². The van der Waals surface area contributed by atoms with Gasteiger partial charge in [0.2, 0.25) is 17.7 Å². The lowest BCUT2D eigenvalue weighted by atomic mass is 9.88.